The first-order chi connectivity index (χ1) is 6.27. The van der Waals surface area contributed by atoms with Gasteiger partial charge in [0.25, 0.3) is 0 Å². The maximum absolute atomic E-state index is 11.7. The van der Waals surface area contributed by atoms with E-state index in [-0.39, 0.29) is 0 Å². The average molecular weight is 174 g/mol. The van der Waals surface area contributed by atoms with Gasteiger partial charge in [-0.15, -0.1) is 0 Å². The van der Waals surface area contributed by atoms with Crippen LogP contribution in [0.3, 0.4) is 0 Å². The molecule has 1 aliphatic carbocycles. The van der Waals surface area contributed by atoms with Crippen LogP contribution in [0.25, 0.3) is 0 Å². The van der Waals surface area contributed by atoms with E-state index in [0.717, 1.165) is 18.4 Å². The van der Waals surface area contributed by atoms with Crippen LogP contribution in [0.1, 0.15) is 35.2 Å². The van der Waals surface area contributed by atoms with E-state index in [0.29, 0.717) is 11.7 Å². The number of rotatable bonds is 2. The van der Waals surface area contributed by atoms with Crippen LogP contribution in [0.4, 0.5) is 0 Å². The Morgan fingerprint density at radius 3 is 2.31 bits per heavy atom. The van der Waals surface area contributed by atoms with Crippen molar-refractivity contribution in [2.24, 2.45) is 5.92 Å². The highest BCUT2D eigenvalue weighted by Gasteiger charge is 2.25. The lowest BCUT2D eigenvalue weighted by atomic mass is 9.80. The summed E-state index contributed by atoms with van der Waals surface area (Å²) < 4.78 is 0. The SMILES string of the molecule is Cc1ccc(C(=O)C2CCC2)cc1. The van der Waals surface area contributed by atoms with Gasteiger partial charge in [0, 0.05) is 11.5 Å². The highest BCUT2D eigenvalue weighted by Crippen LogP contribution is 2.29. The third-order valence-electron chi connectivity index (χ3n) is 2.81. The summed E-state index contributed by atoms with van der Waals surface area (Å²) in [5.74, 6) is 0.661. The second kappa shape index (κ2) is 3.33. The van der Waals surface area contributed by atoms with Crippen molar-refractivity contribution in [2.45, 2.75) is 26.2 Å². The minimum absolute atomic E-state index is 0.322. The zero-order valence-electron chi connectivity index (χ0n) is 7.92. The van der Waals surface area contributed by atoms with Crippen LogP contribution >= 0.6 is 0 Å². The van der Waals surface area contributed by atoms with Gasteiger partial charge in [-0.2, -0.15) is 0 Å². The predicted molar refractivity (Wildman–Crippen MR) is 52.9 cm³/mol. The molecule has 1 fully saturated rings. The van der Waals surface area contributed by atoms with Crippen molar-refractivity contribution in [3.05, 3.63) is 35.4 Å². The van der Waals surface area contributed by atoms with Gasteiger partial charge >= 0.3 is 0 Å². The topological polar surface area (TPSA) is 17.1 Å². The number of aryl methyl sites for hydroxylation is 1. The third-order valence-corrected chi connectivity index (χ3v) is 2.81. The summed E-state index contributed by atoms with van der Waals surface area (Å²) in [6.07, 6.45) is 3.40. The summed E-state index contributed by atoms with van der Waals surface area (Å²) in [5, 5.41) is 0. The molecule has 1 aromatic rings. The van der Waals surface area contributed by atoms with Crippen molar-refractivity contribution in [3.63, 3.8) is 0 Å². The Labute approximate surface area is 78.8 Å². The van der Waals surface area contributed by atoms with Crippen molar-refractivity contribution in [1.82, 2.24) is 0 Å². The van der Waals surface area contributed by atoms with E-state index in [1.165, 1.54) is 12.0 Å². The average Bonchev–Trinajstić information content (AvgIpc) is 2.02. The number of carbonyl (C=O) groups is 1. The molecule has 68 valence electrons. The van der Waals surface area contributed by atoms with Gasteiger partial charge in [-0.05, 0) is 19.8 Å². The third kappa shape index (κ3) is 1.64. The summed E-state index contributed by atoms with van der Waals surface area (Å²) in [6, 6.07) is 7.89. The van der Waals surface area contributed by atoms with E-state index in [1.807, 2.05) is 31.2 Å². The van der Waals surface area contributed by atoms with Crippen LogP contribution in [0.2, 0.25) is 0 Å². The van der Waals surface area contributed by atoms with E-state index >= 15 is 0 Å². The quantitative estimate of drug-likeness (QED) is 0.630. The molecule has 0 spiro atoms. The first kappa shape index (κ1) is 8.49. The molecule has 1 aliphatic rings. The molecule has 1 heteroatoms. The van der Waals surface area contributed by atoms with Gasteiger partial charge in [-0.3, -0.25) is 4.79 Å². The Balaban J connectivity index is 2.15. The summed E-state index contributed by atoms with van der Waals surface area (Å²) in [5.41, 5.74) is 2.10. The smallest absolute Gasteiger partial charge is 0.165 e. The Morgan fingerprint density at radius 1 is 1.23 bits per heavy atom. The molecule has 1 nitrogen and oxygen atoms in total. The van der Waals surface area contributed by atoms with E-state index in [2.05, 4.69) is 0 Å². The Hall–Kier alpha value is -1.11. The largest absolute Gasteiger partial charge is 0.294 e. The van der Waals surface area contributed by atoms with Gasteiger partial charge in [0.2, 0.25) is 0 Å². The number of Topliss-reactive ketones (excluding diaryl/α,β-unsaturated/α-hetero) is 1. The molecule has 0 N–H and O–H groups in total. The number of hydrogen-bond donors (Lipinski definition) is 0. The molecule has 2 rings (SSSR count). The fraction of sp³-hybridized carbons (Fsp3) is 0.417. The summed E-state index contributed by atoms with van der Waals surface area (Å²) in [4.78, 5) is 11.7. The maximum atomic E-state index is 11.7. The van der Waals surface area contributed by atoms with Crippen LogP contribution < -0.4 is 0 Å². The molecule has 0 unspecified atom stereocenters. The second-order valence-corrected chi connectivity index (χ2v) is 3.86. The molecule has 1 aromatic carbocycles. The maximum Gasteiger partial charge on any atom is 0.165 e. The van der Waals surface area contributed by atoms with Crippen LogP contribution in [0, 0.1) is 12.8 Å². The molecule has 0 amide bonds. The van der Waals surface area contributed by atoms with Crippen LogP contribution in [0.5, 0.6) is 0 Å². The van der Waals surface area contributed by atoms with Gasteiger partial charge < -0.3 is 0 Å². The predicted octanol–water partition coefficient (Wildman–Crippen LogP) is 2.98. The molecule has 0 aromatic heterocycles. The summed E-state index contributed by atoms with van der Waals surface area (Å²) >= 11 is 0. The molecule has 1 saturated carbocycles. The van der Waals surface area contributed by atoms with Crippen LogP contribution in [-0.2, 0) is 0 Å². The minimum atomic E-state index is 0.322. The highest BCUT2D eigenvalue weighted by molar-refractivity contribution is 5.98. The van der Waals surface area contributed by atoms with Crippen LogP contribution in [-0.4, -0.2) is 5.78 Å². The zero-order valence-corrected chi connectivity index (χ0v) is 7.92. The molecular weight excluding hydrogens is 160 g/mol. The van der Waals surface area contributed by atoms with Crippen molar-refractivity contribution in [3.8, 4) is 0 Å². The molecule has 0 radical (unpaired) electrons. The molecular formula is C12H14O. The normalized spacial score (nSPS) is 16.7. The molecule has 0 heterocycles. The summed E-state index contributed by atoms with van der Waals surface area (Å²) in [6.45, 7) is 2.04. The van der Waals surface area contributed by atoms with Crippen LogP contribution in [0.15, 0.2) is 24.3 Å². The Bertz CT molecular complexity index is 306. The Kier molecular flexibility index (Phi) is 2.17. The van der Waals surface area contributed by atoms with E-state index in [1.54, 1.807) is 0 Å². The molecule has 0 bridgehead atoms. The van der Waals surface area contributed by atoms with Crippen molar-refractivity contribution < 1.29 is 4.79 Å². The first-order valence-electron chi connectivity index (χ1n) is 4.88. The van der Waals surface area contributed by atoms with Gasteiger partial charge in [0.15, 0.2) is 5.78 Å². The highest BCUT2D eigenvalue weighted by atomic mass is 16.1. The van der Waals surface area contributed by atoms with Gasteiger partial charge in [-0.25, -0.2) is 0 Å². The molecule has 13 heavy (non-hydrogen) atoms. The minimum Gasteiger partial charge on any atom is -0.294 e. The van der Waals surface area contributed by atoms with E-state index < -0.39 is 0 Å². The monoisotopic (exact) mass is 174 g/mol. The zero-order chi connectivity index (χ0) is 9.26. The van der Waals surface area contributed by atoms with E-state index in [4.69, 9.17) is 0 Å². The number of ketones is 1. The molecule has 0 atom stereocenters. The summed E-state index contributed by atoms with van der Waals surface area (Å²) in [7, 11) is 0. The van der Waals surface area contributed by atoms with Crippen molar-refractivity contribution in [1.29, 1.82) is 0 Å². The lowest BCUT2D eigenvalue weighted by Gasteiger charge is -2.23. The fourth-order valence-electron chi connectivity index (χ4n) is 1.62. The number of benzene rings is 1. The van der Waals surface area contributed by atoms with Crippen molar-refractivity contribution >= 4 is 5.78 Å². The first-order valence-corrected chi connectivity index (χ1v) is 4.88. The fourth-order valence-corrected chi connectivity index (χ4v) is 1.62. The van der Waals surface area contributed by atoms with Crippen molar-refractivity contribution in [2.75, 3.05) is 0 Å². The molecule has 0 saturated heterocycles. The Morgan fingerprint density at radius 2 is 1.85 bits per heavy atom. The van der Waals surface area contributed by atoms with Gasteiger partial charge in [0.05, 0.1) is 0 Å². The standard InChI is InChI=1S/C12H14O/c1-9-5-7-11(8-6-9)12(13)10-3-2-4-10/h5-8,10H,2-4H2,1H3. The van der Waals surface area contributed by atoms with Gasteiger partial charge in [0.1, 0.15) is 0 Å². The van der Waals surface area contributed by atoms with Gasteiger partial charge in [-0.1, -0.05) is 36.2 Å². The molecule has 0 aliphatic heterocycles. The lowest BCUT2D eigenvalue weighted by molar-refractivity contribution is 0.0855. The lowest BCUT2D eigenvalue weighted by Crippen LogP contribution is -2.21. The van der Waals surface area contributed by atoms with E-state index in [9.17, 15) is 4.79 Å². The number of carbonyl (C=O) groups excluding carboxylic acids is 1. The number of hydrogen-bond acceptors (Lipinski definition) is 1. The second-order valence-electron chi connectivity index (χ2n) is 3.86.